The Labute approximate surface area is 81.5 Å². The second-order valence-corrected chi connectivity index (χ2v) is 3.80. The summed E-state index contributed by atoms with van der Waals surface area (Å²) in [6.07, 6.45) is 0.804. The maximum atomic E-state index is 10.5. The minimum atomic E-state index is -0.134. The molecule has 13 heavy (non-hydrogen) atoms. The van der Waals surface area contributed by atoms with Gasteiger partial charge in [0.1, 0.15) is 0 Å². The van der Waals surface area contributed by atoms with E-state index < -0.39 is 0 Å². The van der Waals surface area contributed by atoms with Gasteiger partial charge >= 0.3 is 0 Å². The zero-order chi connectivity index (χ0) is 9.68. The lowest BCUT2D eigenvalue weighted by Gasteiger charge is -1.97. The number of carbonyl (C=O) groups is 1. The van der Waals surface area contributed by atoms with Gasteiger partial charge in [0.25, 0.3) is 0 Å². The molecule has 3 nitrogen and oxygen atoms in total. The molecule has 0 aliphatic heterocycles. The van der Waals surface area contributed by atoms with Gasteiger partial charge in [0, 0.05) is 23.9 Å². The fourth-order valence-corrected chi connectivity index (χ4v) is 1.66. The van der Waals surface area contributed by atoms with Gasteiger partial charge in [-0.15, -0.1) is 11.3 Å². The lowest BCUT2D eigenvalue weighted by Crippen LogP contribution is -2.15. The van der Waals surface area contributed by atoms with Crippen molar-refractivity contribution in [1.82, 2.24) is 5.43 Å². The fourth-order valence-electron chi connectivity index (χ4n) is 0.879. The third kappa shape index (κ3) is 3.85. The predicted molar refractivity (Wildman–Crippen MR) is 54.9 cm³/mol. The highest BCUT2D eigenvalue weighted by molar-refractivity contribution is 7.10. The summed E-state index contributed by atoms with van der Waals surface area (Å²) in [5.74, 6) is -0.134. The number of nitrogens with one attached hydrogen (secondary N) is 1. The Morgan fingerprint density at radius 2 is 2.38 bits per heavy atom. The molecule has 1 N–H and O–H groups in total. The van der Waals surface area contributed by atoms with Crippen molar-refractivity contribution in [1.29, 1.82) is 0 Å². The molecule has 1 aromatic heterocycles. The SMILES string of the molecule is CC(=O)N/N=C(/C)Cc1cccs1. The van der Waals surface area contributed by atoms with Crippen molar-refractivity contribution in [2.75, 3.05) is 0 Å². The molecule has 0 aromatic carbocycles. The van der Waals surface area contributed by atoms with E-state index in [9.17, 15) is 4.79 Å². The van der Waals surface area contributed by atoms with Gasteiger partial charge in [0.15, 0.2) is 0 Å². The zero-order valence-corrected chi connectivity index (χ0v) is 8.52. The second-order valence-electron chi connectivity index (χ2n) is 2.77. The molecular weight excluding hydrogens is 184 g/mol. The Morgan fingerprint density at radius 1 is 1.62 bits per heavy atom. The van der Waals surface area contributed by atoms with Crippen LogP contribution < -0.4 is 5.43 Å². The van der Waals surface area contributed by atoms with Gasteiger partial charge in [-0.3, -0.25) is 4.79 Å². The van der Waals surface area contributed by atoms with E-state index in [0.29, 0.717) is 0 Å². The van der Waals surface area contributed by atoms with Crippen LogP contribution in [-0.4, -0.2) is 11.6 Å². The van der Waals surface area contributed by atoms with Gasteiger partial charge in [-0.25, -0.2) is 5.43 Å². The van der Waals surface area contributed by atoms with E-state index in [4.69, 9.17) is 0 Å². The molecule has 0 bridgehead atoms. The summed E-state index contributed by atoms with van der Waals surface area (Å²) in [5.41, 5.74) is 3.33. The molecule has 0 radical (unpaired) electrons. The number of nitrogens with zero attached hydrogens (tertiary/aromatic N) is 1. The van der Waals surface area contributed by atoms with Gasteiger partial charge in [-0.05, 0) is 18.4 Å². The van der Waals surface area contributed by atoms with Gasteiger partial charge in [0.2, 0.25) is 5.91 Å². The summed E-state index contributed by atoms with van der Waals surface area (Å²) in [5, 5.41) is 5.95. The first-order valence-corrected chi connectivity index (χ1v) is 4.88. The summed E-state index contributed by atoms with van der Waals surface area (Å²) in [4.78, 5) is 11.8. The Morgan fingerprint density at radius 3 is 2.92 bits per heavy atom. The standard InChI is InChI=1S/C9H12N2OS/c1-7(10-11-8(2)12)6-9-4-3-5-13-9/h3-5H,6H2,1-2H3,(H,11,12)/b10-7-. The van der Waals surface area contributed by atoms with Crippen molar-refractivity contribution < 1.29 is 4.79 Å². The first-order chi connectivity index (χ1) is 6.18. The third-order valence-corrected chi connectivity index (χ3v) is 2.29. The smallest absolute Gasteiger partial charge is 0.236 e. The molecule has 1 rings (SSSR count). The first-order valence-electron chi connectivity index (χ1n) is 4.00. The second kappa shape index (κ2) is 4.77. The number of hydrogen-bond donors (Lipinski definition) is 1. The molecule has 0 saturated carbocycles. The van der Waals surface area contributed by atoms with E-state index in [1.54, 1.807) is 11.3 Å². The molecule has 0 atom stereocenters. The maximum absolute atomic E-state index is 10.5. The largest absolute Gasteiger partial charge is 0.274 e. The van der Waals surface area contributed by atoms with Crippen molar-refractivity contribution in [3.63, 3.8) is 0 Å². The van der Waals surface area contributed by atoms with E-state index in [2.05, 4.69) is 16.6 Å². The van der Waals surface area contributed by atoms with E-state index in [1.807, 2.05) is 18.4 Å². The number of rotatable bonds is 3. The van der Waals surface area contributed by atoms with Crippen molar-refractivity contribution >= 4 is 23.0 Å². The molecule has 1 amide bonds. The van der Waals surface area contributed by atoms with E-state index in [1.165, 1.54) is 11.8 Å². The van der Waals surface area contributed by atoms with Gasteiger partial charge in [-0.1, -0.05) is 6.07 Å². The van der Waals surface area contributed by atoms with Crippen LogP contribution in [0.5, 0.6) is 0 Å². The molecule has 70 valence electrons. The number of hydrogen-bond acceptors (Lipinski definition) is 3. The summed E-state index contributed by atoms with van der Waals surface area (Å²) in [6.45, 7) is 3.34. The summed E-state index contributed by atoms with van der Waals surface area (Å²) in [7, 11) is 0. The molecule has 0 unspecified atom stereocenters. The van der Waals surface area contributed by atoms with Crippen molar-refractivity contribution in [3.05, 3.63) is 22.4 Å². The Balaban J connectivity index is 2.45. The minimum absolute atomic E-state index is 0.134. The first kappa shape index (κ1) is 9.92. The highest BCUT2D eigenvalue weighted by Crippen LogP contribution is 2.09. The van der Waals surface area contributed by atoms with Crippen LogP contribution in [0.4, 0.5) is 0 Å². The number of hydrazone groups is 1. The molecular formula is C9H12N2OS. The highest BCUT2D eigenvalue weighted by Gasteiger charge is 1.96. The van der Waals surface area contributed by atoms with E-state index >= 15 is 0 Å². The summed E-state index contributed by atoms with van der Waals surface area (Å²) < 4.78 is 0. The van der Waals surface area contributed by atoms with Crippen LogP contribution in [0.2, 0.25) is 0 Å². The van der Waals surface area contributed by atoms with Crippen molar-refractivity contribution in [3.8, 4) is 0 Å². The van der Waals surface area contributed by atoms with Gasteiger partial charge < -0.3 is 0 Å². The normalized spacial score (nSPS) is 11.4. The van der Waals surface area contributed by atoms with Gasteiger partial charge in [-0.2, -0.15) is 5.10 Å². The van der Waals surface area contributed by atoms with Crippen LogP contribution in [0, 0.1) is 0 Å². The molecule has 0 fully saturated rings. The summed E-state index contributed by atoms with van der Waals surface area (Å²) >= 11 is 1.69. The van der Waals surface area contributed by atoms with Crippen LogP contribution in [0.3, 0.4) is 0 Å². The summed E-state index contributed by atoms with van der Waals surface area (Å²) in [6, 6.07) is 4.06. The molecule has 1 heterocycles. The molecule has 0 saturated heterocycles. The minimum Gasteiger partial charge on any atom is -0.274 e. The lowest BCUT2D eigenvalue weighted by atomic mass is 10.2. The predicted octanol–water partition coefficient (Wildman–Crippen LogP) is 1.80. The monoisotopic (exact) mass is 196 g/mol. The highest BCUT2D eigenvalue weighted by atomic mass is 32.1. The average Bonchev–Trinajstić information content (AvgIpc) is 2.53. The van der Waals surface area contributed by atoms with Crippen molar-refractivity contribution in [2.45, 2.75) is 20.3 Å². The topological polar surface area (TPSA) is 41.5 Å². The number of thiophene rings is 1. The lowest BCUT2D eigenvalue weighted by molar-refractivity contribution is -0.118. The van der Waals surface area contributed by atoms with Crippen LogP contribution in [0.25, 0.3) is 0 Å². The number of amides is 1. The Kier molecular flexibility index (Phi) is 3.64. The molecule has 0 spiro atoms. The molecule has 4 heteroatoms. The van der Waals surface area contributed by atoms with E-state index in [0.717, 1.165) is 12.1 Å². The van der Waals surface area contributed by atoms with Gasteiger partial charge in [0.05, 0.1) is 0 Å². The zero-order valence-electron chi connectivity index (χ0n) is 7.70. The van der Waals surface area contributed by atoms with Crippen LogP contribution in [0.1, 0.15) is 18.7 Å². The van der Waals surface area contributed by atoms with Crippen LogP contribution in [0.15, 0.2) is 22.6 Å². The molecule has 0 aliphatic rings. The Hall–Kier alpha value is -1.16. The van der Waals surface area contributed by atoms with Crippen molar-refractivity contribution in [2.24, 2.45) is 5.10 Å². The van der Waals surface area contributed by atoms with Crippen LogP contribution >= 0.6 is 11.3 Å². The van der Waals surface area contributed by atoms with Crippen LogP contribution in [-0.2, 0) is 11.2 Å². The molecule has 1 aromatic rings. The third-order valence-electron chi connectivity index (χ3n) is 1.41. The van der Waals surface area contributed by atoms with E-state index in [-0.39, 0.29) is 5.91 Å². The number of carbonyl (C=O) groups excluding carboxylic acids is 1. The fraction of sp³-hybridized carbons (Fsp3) is 0.333. The molecule has 0 aliphatic carbocycles. The average molecular weight is 196 g/mol. The quantitative estimate of drug-likeness (QED) is 0.581. The Bertz CT molecular complexity index is 303. The maximum Gasteiger partial charge on any atom is 0.236 e.